The summed E-state index contributed by atoms with van der Waals surface area (Å²) >= 11 is 0. The third kappa shape index (κ3) is 2.99. The monoisotopic (exact) mass is 187 g/mol. The van der Waals surface area contributed by atoms with Crippen molar-refractivity contribution in [3.63, 3.8) is 0 Å². The summed E-state index contributed by atoms with van der Waals surface area (Å²) in [6.45, 7) is 5.96. The molecule has 3 heteroatoms. The molecule has 0 radical (unpaired) electrons. The van der Waals surface area contributed by atoms with Crippen molar-refractivity contribution in [2.45, 2.75) is 39.3 Å². The summed E-state index contributed by atoms with van der Waals surface area (Å²) in [6.07, 6.45) is 2.87. The molecule has 0 aromatic carbocycles. The summed E-state index contributed by atoms with van der Waals surface area (Å²) in [5, 5.41) is 8.39. The molecule has 0 N–H and O–H groups in total. The molecule has 0 amide bonds. The number of nitrogens with zero attached hydrogens (tertiary/aromatic N) is 1. The second kappa shape index (κ2) is 5.38. The van der Waals surface area contributed by atoms with Gasteiger partial charge in [-0.05, 0) is 18.7 Å². The number of hydrogen-bond donors (Lipinski definition) is 0. The van der Waals surface area contributed by atoms with E-state index >= 15 is 0 Å². The topological polar surface area (TPSA) is 40.9 Å². The zero-order chi connectivity index (χ0) is 9.61. The number of rotatable bonds is 5. The quantitative estimate of drug-likeness (QED) is 0.620. The Kier molecular flexibility index (Phi) is 5.25. The molecule has 0 saturated carbocycles. The molecular weight excluding hydrogens is 169 g/mol. The third-order valence-electron chi connectivity index (χ3n) is 2.55. The van der Waals surface area contributed by atoms with E-state index in [1.807, 2.05) is 20.8 Å². The van der Waals surface area contributed by atoms with Crippen molar-refractivity contribution in [3.05, 3.63) is 0 Å². The van der Waals surface area contributed by atoms with Crippen molar-refractivity contribution in [2.24, 2.45) is 0 Å². The first-order valence-corrected chi connectivity index (χ1v) is 6.70. The van der Waals surface area contributed by atoms with E-state index < -0.39 is 7.14 Å². The Morgan fingerprint density at radius 3 is 2.25 bits per heavy atom. The van der Waals surface area contributed by atoms with Crippen molar-refractivity contribution >= 4 is 7.14 Å². The Morgan fingerprint density at radius 1 is 1.42 bits per heavy atom. The molecule has 0 saturated heterocycles. The molecule has 0 aliphatic heterocycles. The predicted octanol–water partition coefficient (Wildman–Crippen LogP) is 3.08. The van der Waals surface area contributed by atoms with Gasteiger partial charge in [0.25, 0.3) is 0 Å². The smallest absolute Gasteiger partial charge is 0.0899 e. The van der Waals surface area contributed by atoms with Crippen LogP contribution in [-0.2, 0) is 4.57 Å². The van der Waals surface area contributed by atoms with Gasteiger partial charge in [-0.1, -0.05) is 20.8 Å². The Balaban J connectivity index is 4.14. The Hall–Kier alpha value is -0.280. The second-order valence-electron chi connectivity index (χ2n) is 3.13. The van der Waals surface area contributed by atoms with Crippen LogP contribution >= 0.6 is 7.14 Å². The van der Waals surface area contributed by atoms with E-state index in [1.165, 1.54) is 0 Å². The Morgan fingerprint density at radius 2 is 1.92 bits per heavy atom. The van der Waals surface area contributed by atoms with Gasteiger partial charge in [-0.15, -0.1) is 0 Å². The second-order valence-corrected chi connectivity index (χ2v) is 7.18. The van der Waals surface area contributed by atoms with Gasteiger partial charge in [-0.3, -0.25) is 0 Å². The summed E-state index contributed by atoms with van der Waals surface area (Å²) in [7, 11) is -1.95. The molecule has 1 atom stereocenters. The molecule has 0 aromatic heterocycles. The highest BCUT2D eigenvalue weighted by atomic mass is 31.2. The highest BCUT2D eigenvalue weighted by Gasteiger charge is 2.24. The molecule has 0 heterocycles. The van der Waals surface area contributed by atoms with E-state index in [4.69, 9.17) is 5.26 Å². The molecule has 0 aromatic rings. The predicted molar refractivity (Wildman–Crippen MR) is 53.0 cm³/mol. The molecule has 1 unspecified atom stereocenters. The maximum Gasteiger partial charge on any atom is 0.0899 e. The summed E-state index contributed by atoms with van der Waals surface area (Å²) in [5.41, 5.74) is 0.229. The SMILES string of the molecule is CCP(=O)(CC)C(C)CCC#N. The Bertz CT molecular complexity index is 199. The summed E-state index contributed by atoms with van der Waals surface area (Å²) < 4.78 is 12.0. The van der Waals surface area contributed by atoms with E-state index in [0.717, 1.165) is 18.7 Å². The summed E-state index contributed by atoms with van der Waals surface area (Å²) in [6, 6.07) is 2.10. The molecular formula is C9H18NOP. The van der Waals surface area contributed by atoms with Crippen LogP contribution in [0, 0.1) is 11.3 Å². The largest absolute Gasteiger partial charge is 0.323 e. The van der Waals surface area contributed by atoms with Crippen molar-refractivity contribution in [1.29, 1.82) is 5.26 Å². The van der Waals surface area contributed by atoms with E-state index in [1.54, 1.807) is 0 Å². The average Bonchev–Trinajstić information content (AvgIpc) is 2.12. The fraction of sp³-hybridized carbons (Fsp3) is 0.889. The van der Waals surface area contributed by atoms with Crippen LogP contribution in [0.4, 0.5) is 0 Å². The van der Waals surface area contributed by atoms with Crippen molar-refractivity contribution in [3.8, 4) is 6.07 Å². The van der Waals surface area contributed by atoms with Gasteiger partial charge >= 0.3 is 0 Å². The minimum absolute atomic E-state index is 0.229. The molecule has 0 fully saturated rings. The number of nitriles is 1. The molecule has 0 aliphatic carbocycles. The van der Waals surface area contributed by atoms with Crippen LogP contribution in [0.3, 0.4) is 0 Å². The van der Waals surface area contributed by atoms with Crippen LogP contribution in [0.5, 0.6) is 0 Å². The van der Waals surface area contributed by atoms with Crippen molar-refractivity contribution in [2.75, 3.05) is 12.3 Å². The van der Waals surface area contributed by atoms with Gasteiger partial charge in [0.05, 0.1) is 13.2 Å². The van der Waals surface area contributed by atoms with Gasteiger partial charge in [-0.2, -0.15) is 5.26 Å². The van der Waals surface area contributed by atoms with Gasteiger partial charge in [0.2, 0.25) is 0 Å². The molecule has 0 aliphatic rings. The lowest BCUT2D eigenvalue weighted by atomic mass is 10.3. The standard InChI is InChI=1S/C9H18NOP/c1-4-12(11,5-2)9(3)7-6-8-10/h9H,4-7H2,1-3H3. The minimum atomic E-state index is -1.95. The van der Waals surface area contributed by atoms with Crippen LogP contribution in [0.1, 0.15) is 33.6 Å². The minimum Gasteiger partial charge on any atom is -0.323 e. The first-order valence-electron chi connectivity index (χ1n) is 4.55. The first kappa shape index (κ1) is 11.7. The highest BCUT2D eigenvalue weighted by molar-refractivity contribution is 7.64. The van der Waals surface area contributed by atoms with Gasteiger partial charge in [0.1, 0.15) is 0 Å². The third-order valence-corrected chi connectivity index (χ3v) is 6.55. The highest BCUT2D eigenvalue weighted by Crippen LogP contribution is 2.51. The van der Waals surface area contributed by atoms with Gasteiger partial charge in [0, 0.05) is 12.1 Å². The van der Waals surface area contributed by atoms with Crippen LogP contribution in [0.15, 0.2) is 0 Å². The van der Waals surface area contributed by atoms with Crippen LogP contribution in [-0.4, -0.2) is 18.0 Å². The zero-order valence-electron chi connectivity index (χ0n) is 8.21. The molecule has 70 valence electrons. The zero-order valence-corrected chi connectivity index (χ0v) is 9.10. The van der Waals surface area contributed by atoms with Crippen molar-refractivity contribution in [1.82, 2.24) is 0 Å². The maximum atomic E-state index is 12.0. The van der Waals surface area contributed by atoms with E-state index in [9.17, 15) is 4.57 Å². The lowest BCUT2D eigenvalue weighted by molar-refractivity contribution is 0.563. The Labute approximate surface area is 75.3 Å². The lowest BCUT2D eigenvalue weighted by Crippen LogP contribution is -2.07. The lowest BCUT2D eigenvalue weighted by Gasteiger charge is -2.21. The van der Waals surface area contributed by atoms with Crippen LogP contribution in [0.25, 0.3) is 0 Å². The van der Waals surface area contributed by atoms with Crippen LogP contribution < -0.4 is 0 Å². The number of hydrogen-bond acceptors (Lipinski definition) is 2. The van der Waals surface area contributed by atoms with E-state index in [-0.39, 0.29) is 5.66 Å². The molecule has 0 spiro atoms. The normalized spacial score (nSPS) is 13.8. The van der Waals surface area contributed by atoms with E-state index in [2.05, 4.69) is 6.07 Å². The molecule has 0 bridgehead atoms. The average molecular weight is 187 g/mol. The van der Waals surface area contributed by atoms with Gasteiger partial charge < -0.3 is 4.57 Å². The summed E-state index contributed by atoms with van der Waals surface area (Å²) in [5.74, 6) is 0. The van der Waals surface area contributed by atoms with Gasteiger partial charge in [0.15, 0.2) is 0 Å². The summed E-state index contributed by atoms with van der Waals surface area (Å²) in [4.78, 5) is 0. The fourth-order valence-electron chi connectivity index (χ4n) is 1.36. The van der Waals surface area contributed by atoms with Crippen LogP contribution in [0.2, 0.25) is 0 Å². The molecule has 12 heavy (non-hydrogen) atoms. The van der Waals surface area contributed by atoms with E-state index in [0.29, 0.717) is 6.42 Å². The van der Waals surface area contributed by atoms with Crippen molar-refractivity contribution < 1.29 is 4.57 Å². The fourth-order valence-corrected chi connectivity index (χ4v) is 3.65. The molecule has 2 nitrogen and oxygen atoms in total. The maximum absolute atomic E-state index is 12.0. The first-order chi connectivity index (χ1) is 5.60. The molecule has 0 rings (SSSR count). The van der Waals surface area contributed by atoms with Gasteiger partial charge in [-0.25, -0.2) is 0 Å².